The van der Waals surface area contributed by atoms with Gasteiger partial charge in [-0.2, -0.15) is 4.98 Å². The Hall–Kier alpha value is -3.64. The van der Waals surface area contributed by atoms with Crippen LogP contribution < -0.4 is 14.8 Å². The molecule has 0 spiro atoms. The maximum Gasteiger partial charge on any atom is 0.226 e. The zero-order valence-corrected chi connectivity index (χ0v) is 24.9. The molecule has 1 heterocycles. The maximum absolute atomic E-state index is 8.91. The van der Waals surface area contributed by atoms with Crippen LogP contribution >= 0.6 is 15.9 Å². The standard InChI is InChI=1S/C28H28BrN3O2.2C2H6/c1-4-9-20(10-5-2)18-33-26-16-15-24(27(30)23-14-13-22(29)17-25(23)31-3)28(32-26)34-19-21-11-7-6-8-12-21;2*1-2/h4-17,30-31H,1,18-19H2,2-3H3;2*1-2H3/b10-5-,20-9+,30-27?;;. The molecular weight excluding hydrogens is 538 g/mol. The molecule has 0 saturated heterocycles. The Labute approximate surface area is 237 Å². The number of nitrogens with one attached hydrogen (secondary N) is 2. The molecule has 0 saturated carbocycles. The monoisotopic (exact) mass is 577 g/mol. The topological polar surface area (TPSA) is 67.2 Å². The lowest BCUT2D eigenvalue weighted by Gasteiger charge is -2.16. The van der Waals surface area contributed by atoms with Crippen LogP contribution in [0.3, 0.4) is 0 Å². The molecule has 2 aromatic carbocycles. The summed E-state index contributed by atoms with van der Waals surface area (Å²) in [6.07, 6.45) is 7.53. The summed E-state index contributed by atoms with van der Waals surface area (Å²) in [4.78, 5) is 4.61. The van der Waals surface area contributed by atoms with Crippen molar-refractivity contribution in [2.45, 2.75) is 41.2 Å². The van der Waals surface area contributed by atoms with Gasteiger partial charge in [-0.25, -0.2) is 0 Å². The molecule has 0 atom stereocenters. The van der Waals surface area contributed by atoms with Gasteiger partial charge >= 0.3 is 0 Å². The van der Waals surface area contributed by atoms with Crippen LogP contribution in [0, 0.1) is 5.41 Å². The highest BCUT2D eigenvalue weighted by Gasteiger charge is 2.17. The van der Waals surface area contributed by atoms with Gasteiger partial charge in [0.15, 0.2) is 0 Å². The van der Waals surface area contributed by atoms with Crippen molar-refractivity contribution in [3.63, 3.8) is 0 Å². The minimum Gasteiger partial charge on any atom is -0.473 e. The van der Waals surface area contributed by atoms with E-state index in [2.05, 4.69) is 32.8 Å². The average molecular weight is 579 g/mol. The fourth-order valence-corrected chi connectivity index (χ4v) is 3.65. The summed E-state index contributed by atoms with van der Waals surface area (Å²) >= 11 is 3.49. The molecular formula is C32H40BrN3O2. The van der Waals surface area contributed by atoms with Crippen molar-refractivity contribution in [1.29, 1.82) is 5.41 Å². The van der Waals surface area contributed by atoms with Crippen LogP contribution in [0.2, 0.25) is 0 Å². The lowest BCUT2D eigenvalue weighted by atomic mass is 10.0. The van der Waals surface area contributed by atoms with E-state index in [0.717, 1.165) is 26.9 Å². The zero-order chi connectivity index (χ0) is 28.3. The number of anilines is 1. The Balaban J connectivity index is 0.00000172. The molecule has 38 heavy (non-hydrogen) atoms. The predicted octanol–water partition coefficient (Wildman–Crippen LogP) is 9.00. The number of ether oxygens (including phenoxy) is 2. The van der Waals surface area contributed by atoms with Crippen LogP contribution in [0.4, 0.5) is 5.69 Å². The van der Waals surface area contributed by atoms with Gasteiger partial charge in [0, 0.05) is 28.8 Å². The van der Waals surface area contributed by atoms with Crippen LogP contribution in [0.15, 0.2) is 102 Å². The van der Waals surface area contributed by atoms with Gasteiger partial charge in [-0.1, -0.05) is 105 Å². The van der Waals surface area contributed by atoms with Gasteiger partial charge in [-0.05, 0) is 42.3 Å². The molecule has 1 aromatic heterocycles. The number of rotatable bonds is 11. The van der Waals surface area contributed by atoms with E-state index in [1.807, 2.05) is 114 Å². The minimum absolute atomic E-state index is 0.306. The number of nitrogens with zero attached hydrogens (tertiary/aromatic N) is 1. The molecule has 0 aliphatic heterocycles. The van der Waals surface area contributed by atoms with Gasteiger partial charge in [0.1, 0.15) is 13.2 Å². The second kappa shape index (κ2) is 18.6. The number of hydrogen-bond donors (Lipinski definition) is 2. The van der Waals surface area contributed by atoms with Crippen LogP contribution in [-0.4, -0.2) is 24.4 Å². The summed E-state index contributed by atoms with van der Waals surface area (Å²) in [7, 11) is 1.83. The fraction of sp³-hybridized carbons (Fsp3) is 0.250. The third kappa shape index (κ3) is 10.0. The summed E-state index contributed by atoms with van der Waals surface area (Å²) in [6.45, 7) is 14.4. The van der Waals surface area contributed by atoms with Crippen molar-refractivity contribution >= 4 is 27.3 Å². The highest BCUT2D eigenvalue weighted by Crippen LogP contribution is 2.29. The minimum atomic E-state index is 0.306. The van der Waals surface area contributed by atoms with Crippen LogP contribution in [0.1, 0.15) is 51.3 Å². The number of pyridine rings is 1. The normalized spacial score (nSPS) is 10.4. The second-order valence-corrected chi connectivity index (χ2v) is 8.27. The van der Waals surface area contributed by atoms with Crippen LogP contribution in [-0.2, 0) is 6.61 Å². The molecule has 0 aliphatic rings. The molecule has 3 aromatic rings. The third-order valence-electron chi connectivity index (χ3n) is 4.94. The van der Waals surface area contributed by atoms with Crippen molar-refractivity contribution in [2.75, 3.05) is 19.0 Å². The Morgan fingerprint density at radius 2 is 1.68 bits per heavy atom. The van der Waals surface area contributed by atoms with Gasteiger partial charge < -0.3 is 14.8 Å². The first-order valence-electron chi connectivity index (χ1n) is 12.9. The zero-order valence-electron chi connectivity index (χ0n) is 23.3. The van der Waals surface area contributed by atoms with Crippen LogP contribution in [0.25, 0.3) is 0 Å². The summed E-state index contributed by atoms with van der Waals surface area (Å²) in [5.74, 6) is 0.764. The highest BCUT2D eigenvalue weighted by molar-refractivity contribution is 9.10. The maximum atomic E-state index is 8.91. The summed E-state index contributed by atoms with van der Waals surface area (Å²) in [5.41, 5.74) is 4.44. The molecule has 5 nitrogen and oxygen atoms in total. The summed E-state index contributed by atoms with van der Waals surface area (Å²) < 4.78 is 12.9. The van der Waals surface area contributed by atoms with Crippen LogP contribution in [0.5, 0.6) is 11.8 Å². The van der Waals surface area contributed by atoms with Crippen molar-refractivity contribution in [3.8, 4) is 11.8 Å². The number of allylic oxidation sites excluding steroid dienone is 3. The Morgan fingerprint density at radius 1 is 1.00 bits per heavy atom. The lowest BCUT2D eigenvalue weighted by Crippen LogP contribution is -2.11. The molecule has 0 aliphatic carbocycles. The predicted molar refractivity (Wildman–Crippen MR) is 166 cm³/mol. The SMILES string of the molecule is C=C/C=C(\C=C/C)COc1ccc(C(=N)c2ccc(Br)cc2NC)c(OCc2ccccc2)n1.CC.CC. The molecule has 0 radical (unpaired) electrons. The molecule has 6 heteroatoms. The van der Waals surface area contributed by atoms with E-state index >= 15 is 0 Å². The van der Waals surface area contributed by atoms with E-state index in [0.29, 0.717) is 36.2 Å². The first kappa shape index (κ1) is 32.4. The van der Waals surface area contributed by atoms with Crippen molar-refractivity contribution in [2.24, 2.45) is 0 Å². The van der Waals surface area contributed by atoms with Gasteiger partial charge in [-0.3, -0.25) is 5.41 Å². The number of benzene rings is 2. The number of halogens is 1. The lowest BCUT2D eigenvalue weighted by molar-refractivity contribution is 0.281. The number of aromatic nitrogens is 1. The molecule has 0 fully saturated rings. The largest absolute Gasteiger partial charge is 0.473 e. The summed E-state index contributed by atoms with van der Waals surface area (Å²) in [6, 6.07) is 19.2. The second-order valence-electron chi connectivity index (χ2n) is 7.36. The molecule has 0 amide bonds. The van der Waals surface area contributed by atoms with E-state index in [4.69, 9.17) is 14.9 Å². The first-order valence-corrected chi connectivity index (χ1v) is 13.7. The van der Waals surface area contributed by atoms with Crippen molar-refractivity contribution < 1.29 is 9.47 Å². The molecule has 2 N–H and O–H groups in total. The van der Waals surface area contributed by atoms with E-state index in [1.165, 1.54) is 0 Å². The highest BCUT2D eigenvalue weighted by atomic mass is 79.9. The smallest absolute Gasteiger partial charge is 0.226 e. The first-order chi connectivity index (χ1) is 18.5. The van der Waals surface area contributed by atoms with E-state index in [-0.39, 0.29) is 0 Å². The quantitative estimate of drug-likeness (QED) is 0.176. The Bertz CT molecular complexity index is 1200. The van der Waals surface area contributed by atoms with Gasteiger partial charge in [-0.15, -0.1) is 0 Å². The van der Waals surface area contributed by atoms with E-state index < -0.39 is 0 Å². The van der Waals surface area contributed by atoms with Gasteiger partial charge in [0.05, 0.1) is 11.3 Å². The molecule has 0 bridgehead atoms. The molecule has 3 rings (SSSR count). The van der Waals surface area contributed by atoms with Gasteiger partial charge in [0.2, 0.25) is 11.8 Å². The molecule has 0 unspecified atom stereocenters. The van der Waals surface area contributed by atoms with Crippen molar-refractivity contribution in [1.82, 2.24) is 4.98 Å². The fourth-order valence-electron chi connectivity index (χ4n) is 3.29. The average Bonchev–Trinajstić information content (AvgIpc) is 2.97. The van der Waals surface area contributed by atoms with Crippen molar-refractivity contribution in [3.05, 3.63) is 118 Å². The summed E-state index contributed by atoms with van der Waals surface area (Å²) in [5, 5.41) is 12.1. The third-order valence-corrected chi connectivity index (χ3v) is 5.44. The van der Waals surface area contributed by atoms with E-state index in [1.54, 1.807) is 12.1 Å². The Kier molecular flexibility index (Phi) is 15.8. The number of hydrogen-bond acceptors (Lipinski definition) is 5. The Morgan fingerprint density at radius 3 is 2.32 bits per heavy atom. The van der Waals surface area contributed by atoms with Gasteiger partial charge in [0.25, 0.3) is 0 Å². The molecule has 202 valence electrons. The van der Waals surface area contributed by atoms with E-state index in [9.17, 15) is 0 Å².